The fourth-order valence-corrected chi connectivity index (χ4v) is 1.78. The Morgan fingerprint density at radius 3 is 2.17 bits per heavy atom. The Hall–Kier alpha value is -0.120. The number of hydrogen-bond acceptors (Lipinski definition) is 3. The van der Waals surface area contributed by atoms with Gasteiger partial charge in [-0.25, -0.2) is 0 Å². The second-order valence-corrected chi connectivity index (χ2v) is 4.58. The van der Waals surface area contributed by atoms with Crippen LogP contribution in [0.2, 0.25) is 0 Å². The summed E-state index contributed by atoms with van der Waals surface area (Å²) in [6.07, 6.45) is 1.65. The minimum absolute atomic E-state index is 0.248. The molecule has 3 nitrogen and oxygen atoms in total. The van der Waals surface area contributed by atoms with Gasteiger partial charge in [-0.2, -0.15) is 0 Å². The smallest absolute Gasteiger partial charge is 0.281 e. The molecule has 0 aliphatic heterocycles. The molecule has 0 aromatic carbocycles. The summed E-state index contributed by atoms with van der Waals surface area (Å²) in [4.78, 5) is 0. The third kappa shape index (κ3) is 1.63. The van der Waals surface area contributed by atoms with E-state index in [0.29, 0.717) is 12.3 Å². The zero-order valence-electron chi connectivity index (χ0n) is 7.91. The van der Waals surface area contributed by atoms with Gasteiger partial charge in [-0.3, -0.25) is 0 Å². The van der Waals surface area contributed by atoms with Crippen LogP contribution in [0.25, 0.3) is 0 Å². The summed E-state index contributed by atoms with van der Waals surface area (Å²) in [5.41, 5.74) is -0.697. The molecule has 0 heterocycles. The number of hydrogen-bond donors (Lipinski definition) is 3. The molecule has 2 unspecified atom stereocenters. The monoisotopic (exact) mass is 174 g/mol. The van der Waals surface area contributed by atoms with Crippen LogP contribution in [-0.4, -0.2) is 21.3 Å². The maximum Gasteiger partial charge on any atom is 0.281 e. The zero-order chi connectivity index (χ0) is 9.57. The van der Waals surface area contributed by atoms with Crippen LogP contribution in [-0.2, 0) is 0 Å². The van der Waals surface area contributed by atoms with Crippen LogP contribution in [0.4, 0.5) is 0 Å². The predicted octanol–water partition coefficient (Wildman–Crippen LogP) is 0.689. The van der Waals surface area contributed by atoms with Crippen molar-refractivity contribution in [3.8, 4) is 0 Å². The molecular weight excluding hydrogens is 156 g/mol. The average molecular weight is 174 g/mol. The molecule has 12 heavy (non-hydrogen) atoms. The van der Waals surface area contributed by atoms with E-state index in [-0.39, 0.29) is 5.92 Å². The molecule has 72 valence electrons. The summed E-state index contributed by atoms with van der Waals surface area (Å²) in [5, 5.41) is 27.0. The minimum Gasteiger partial charge on any atom is -0.343 e. The second-order valence-electron chi connectivity index (χ2n) is 4.58. The zero-order valence-corrected chi connectivity index (χ0v) is 7.91. The summed E-state index contributed by atoms with van der Waals surface area (Å²) in [7, 11) is 0. The molecular formula is C9H18O3. The van der Waals surface area contributed by atoms with Crippen molar-refractivity contribution in [3.05, 3.63) is 0 Å². The molecule has 0 aromatic rings. The van der Waals surface area contributed by atoms with Gasteiger partial charge in [0.25, 0.3) is 5.97 Å². The Morgan fingerprint density at radius 1 is 1.42 bits per heavy atom. The lowest BCUT2D eigenvalue weighted by Gasteiger charge is -2.23. The van der Waals surface area contributed by atoms with Crippen molar-refractivity contribution >= 4 is 0 Å². The van der Waals surface area contributed by atoms with Gasteiger partial charge in [0.1, 0.15) is 0 Å². The number of aliphatic hydroxyl groups is 3. The van der Waals surface area contributed by atoms with Crippen LogP contribution in [0.5, 0.6) is 0 Å². The lowest BCUT2D eigenvalue weighted by atomic mass is 9.97. The van der Waals surface area contributed by atoms with Crippen molar-refractivity contribution in [1.29, 1.82) is 0 Å². The second kappa shape index (κ2) is 2.69. The molecule has 0 saturated heterocycles. The van der Waals surface area contributed by atoms with Gasteiger partial charge >= 0.3 is 0 Å². The summed E-state index contributed by atoms with van der Waals surface area (Å²) >= 11 is 0. The Bertz CT molecular complexity index is 171. The van der Waals surface area contributed by atoms with Gasteiger partial charge in [0, 0.05) is 0 Å². The van der Waals surface area contributed by atoms with E-state index in [4.69, 9.17) is 15.3 Å². The van der Waals surface area contributed by atoms with E-state index in [1.807, 2.05) is 0 Å². The minimum atomic E-state index is -2.49. The molecule has 1 fully saturated rings. The van der Waals surface area contributed by atoms with E-state index < -0.39 is 11.4 Å². The van der Waals surface area contributed by atoms with Crippen molar-refractivity contribution in [2.24, 2.45) is 17.3 Å². The SMILES string of the molecule is CC(C)CC1CC1(C)C(O)(O)O. The first kappa shape index (κ1) is 9.96. The third-order valence-corrected chi connectivity index (χ3v) is 2.93. The molecule has 0 radical (unpaired) electrons. The van der Waals surface area contributed by atoms with Gasteiger partial charge in [0.05, 0.1) is 5.41 Å². The first-order valence-corrected chi connectivity index (χ1v) is 4.44. The van der Waals surface area contributed by atoms with Gasteiger partial charge in [-0.05, 0) is 24.7 Å². The largest absolute Gasteiger partial charge is 0.343 e. The first-order chi connectivity index (χ1) is 5.27. The Labute approximate surface area is 73.0 Å². The lowest BCUT2D eigenvalue weighted by Crippen LogP contribution is -2.38. The van der Waals surface area contributed by atoms with Crippen molar-refractivity contribution < 1.29 is 15.3 Å². The fourth-order valence-electron chi connectivity index (χ4n) is 1.78. The highest BCUT2D eigenvalue weighted by Gasteiger charge is 2.62. The highest BCUT2D eigenvalue weighted by molar-refractivity contribution is 5.03. The predicted molar refractivity (Wildman–Crippen MR) is 45.1 cm³/mol. The average Bonchev–Trinajstić information content (AvgIpc) is 2.39. The topological polar surface area (TPSA) is 60.7 Å². The highest BCUT2D eigenvalue weighted by Crippen LogP contribution is 2.59. The van der Waals surface area contributed by atoms with Gasteiger partial charge < -0.3 is 15.3 Å². The molecule has 0 spiro atoms. The van der Waals surface area contributed by atoms with Crippen molar-refractivity contribution in [2.45, 2.75) is 39.6 Å². The van der Waals surface area contributed by atoms with Crippen LogP contribution < -0.4 is 0 Å². The van der Waals surface area contributed by atoms with Gasteiger partial charge in [0.2, 0.25) is 0 Å². The normalized spacial score (nSPS) is 35.8. The van der Waals surface area contributed by atoms with Crippen molar-refractivity contribution in [1.82, 2.24) is 0 Å². The maximum atomic E-state index is 9.01. The van der Waals surface area contributed by atoms with Crippen LogP contribution in [0, 0.1) is 17.3 Å². The van der Waals surface area contributed by atoms with Gasteiger partial charge in [-0.15, -0.1) is 0 Å². The van der Waals surface area contributed by atoms with E-state index in [9.17, 15) is 0 Å². The molecule has 0 bridgehead atoms. The third-order valence-electron chi connectivity index (χ3n) is 2.93. The molecule has 0 amide bonds. The van der Waals surface area contributed by atoms with Crippen molar-refractivity contribution in [2.75, 3.05) is 0 Å². The Kier molecular flexibility index (Phi) is 2.23. The van der Waals surface area contributed by atoms with E-state index in [1.165, 1.54) is 0 Å². The lowest BCUT2D eigenvalue weighted by molar-refractivity contribution is -0.351. The van der Waals surface area contributed by atoms with Crippen molar-refractivity contribution in [3.63, 3.8) is 0 Å². The fraction of sp³-hybridized carbons (Fsp3) is 1.00. The number of rotatable bonds is 3. The summed E-state index contributed by atoms with van der Waals surface area (Å²) in [6.45, 7) is 5.89. The van der Waals surface area contributed by atoms with Gasteiger partial charge in [-0.1, -0.05) is 20.8 Å². The molecule has 2 atom stereocenters. The molecule has 1 aliphatic rings. The Morgan fingerprint density at radius 2 is 1.92 bits per heavy atom. The molecule has 3 heteroatoms. The molecule has 1 rings (SSSR count). The van der Waals surface area contributed by atoms with Crippen LogP contribution in [0.1, 0.15) is 33.6 Å². The van der Waals surface area contributed by atoms with E-state index in [2.05, 4.69) is 13.8 Å². The molecule has 1 saturated carbocycles. The van der Waals surface area contributed by atoms with Crippen LogP contribution >= 0.6 is 0 Å². The van der Waals surface area contributed by atoms with E-state index in [0.717, 1.165) is 6.42 Å². The first-order valence-electron chi connectivity index (χ1n) is 4.44. The molecule has 1 aliphatic carbocycles. The maximum absolute atomic E-state index is 9.01. The summed E-state index contributed by atoms with van der Waals surface area (Å²) in [6, 6.07) is 0. The summed E-state index contributed by atoms with van der Waals surface area (Å²) < 4.78 is 0. The van der Waals surface area contributed by atoms with Crippen LogP contribution in [0.15, 0.2) is 0 Å². The quantitative estimate of drug-likeness (QED) is 0.552. The summed E-state index contributed by atoms with van der Waals surface area (Å²) in [5.74, 6) is -1.70. The molecule has 3 N–H and O–H groups in total. The standard InChI is InChI=1S/C9H18O3/c1-6(2)4-7-5-8(7,3)9(10,11)12/h6-7,10-12H,4-5H2,1-3H3. The highest BCUT2D eigenvalue weighted by atomic mass is 16.7. The molecule has 0 aromatic heterocycles. The van der Waals surface area contributed by atoms with Crippen LogP contribution in [0.3, 0.4) is 0 Å². The van der Waals surface area contributed by atoms with Gasteiger partial charge in [0.15, 0.2) is 0 Å². The van der Waals surface area contributed by atoms with E-state index in [1.54, 1.807) is 6.92 Å². The Balaban J connectivity index is 2.49. The van der Waals surface area contributed by atoms with E-state index >= 15 is 0 Å².